The summed E-state index contributed by atoms with van der Waals surface area (Å²) in [7, 11) is -0.134. The second kappa shape index (κ2) is 6.94. The van der Waals surface area contributed by atoms with Crippen molar-refractivity contribution >= 4 is 10.0 Å². The van der Waals surface area contributed by atoms with Gasteiger partial charge in [-0.2, -0.15) is 0 Å². The van der Waals surface area contributed by atoms with E-state index in [4.69, 9.17) is 4.74 Å². The van der Waals surface area contributed by atoms with Gasteiger partial charge in [0.25, 0.3) is 0 Å². The lowest BCUT2D eigenvalue weighted by Crippen LogP contribution is -2.28. The van der Waals surface area contributed by atoms with Crippen LogP contribution in [-0.4, -0.2) is 26.9 Å². The molecule has 2 rings (SSSR count). The minimum Gasteiger partial charge on any atom is -0.497 e. The zero-order chi connectivity index (χ0) is 16.2. The van der Waals surface area contributed by atoms with Gasteiger partial charge >= 0.3 is 0 Å². The standard InChI is InChI=1S/C17H21NO3S/c1-14-6-4-5-7-16(14)13-22(19,20)18(2)12-15-8-10-17(21-3)11-9-15/h4-11H,12-13H2,1-3H3. The minimum absolute atomic E-state index is 0.0202. The Morgan fingerprint density at radius 1 is 1.05 bits per heavy atom. The molecule has 118 valence electrons. The maximum absolute atomic E-state index is 12.5. The monoisotopic (exact) mass is 319 g/mol. The van der Waals surface area contributed by atoms with E-state index in [9.17, 15) is 8.42 Å². The van der Waals surface area contributed by atoms with E-state index >= 15 is 0 Å². The van der Waals surface area contributed by atoms with Gasteiger partial charge in [-0.15, -0.1) is 0 Å². The lowest BCUT2D eigenvalue weighted by molar-refractivity contribution is 0.414. The van der Waals surface area contributed by atoms with Crippen LogP contribution in [0.2, 0.25) is 0 Å². The van der Waals surface area contributed by atoms with Crippen molar-refractivity contribution in [1.82, 2.24) is 4.31 Å². The molecule has 0 N–H and O–H groups in total. The Morgan fingerprint density at radius 2 is 1.68 bits per heavy atom. The summed E-state index contributed by atoms with van der Waals surface area (Å²) in [5, 5.41) is 0. The maximum atomic E-state index is 12.5. The molecule has 22 heavy (non-hydrogen) atoms. The molecule has 0 aromatic heterocycles. The van der Waals surface area contributed by atoms with Crippen molar-refractivity contribution in [2.24, 2.45) is 0 Å². The van der Waals surface area contributed by atoms with Gasteiger partial charge < -0.3 is 4.74 Å². The molecule has 0 saturated carbocycles. The first-order valence-corrected chi connectivity index (χ1v) is 8.65. The van der Waals surface area contributed by atoms with Crippen LogP contribution in [0.15, 0.2) is 48.5 Å². The highest BCUT2D eigenvalue weighted by Crippen LogP contribution is 2.17. The van der Waals surface area contributed by atoms with Crippen LogP contribution < -0.4 is 4.74 Å². The highest BCUT2D eigenvalue weighted by Gasteiger charge is 2.19. The van der Waals surface area contributed by atoms with E-state index in [0.717, 1.165) is 22.4 Å². The lowest BCUT2D eigenvalue weighted by Gasteiger charge is -2.18. The van der Waals surface area contributed by atoms with Crippen molar-refractivity contribution in [3.8, 4) is 5.75 Å². The number of benzene rings is 2. The van der Waals surface area contributed by atoms with Crippen molar-refractivity contribution in [2.45, 2.75) is 19.2 Å². The molecule has 4 nitrogen and oxygen atoms in total. The Morgan fingerprint density at radius 3 is 2.27 bits per heavy atom. The third-order valence-corrected chi connectivity index (χ3v) is 5.39. The summed E-state index contributed by atoms with van der Waals surface area (Å²) in [4.78, 5) is 0. The van der Waals surface area contributed by atoms with E-state index in [1.165, 1.54) is 4.31 Å². The van der Waals surface area contributed by atoms with Crippen LogP contribution in [0.5, 0.6) is 5.75 Å². The van der Waals surface area contributed by atoms with Gasteiger partial charge in [-0.05, 0) is 35.7 Å². The summed E-state index contributed by atoms with van der Waals surface area (Å²) in [5.41, 5.74) is 2.75. The molecule has 0 saturated heterocycles. The molecule has 0 aliphatic carbocycles. The van der Waals surface area contributed by atoms with E-state index in [-0.39, 0.29) is 5.75 Å². The summed E-state index contributed by atoms with van der Waals surface area (Å²) in [5.74, 6) is 0.779. The molecule has 0 amide bonds. The van der Waals surface area contributed by atoms with Gasteiger partial charge in [0.05, 0.1) is 12.9 Å². The summed E-state index contributed by atoms with van der Waals surface area (Å²) >= 11 is 0. The Balaban J connectivity index is 2.09. The van der Waals surface area contributed by atoms with Gasteiger partial charge in [0.15, 0.2) is 0 Å². The van der Waals surface area contributed by atoms with Crippen LogP contribution in [0.3, 0.4) is 0 Å². The topological polar surface area (TPSA) is 46.6 Å². The second-order valence-corrected chi connectivity index (χ2v) is 7.36. The molecule has 5 heteroatoms. The molecule has 0 aliphatic rings. The molecule has 0 radical (unpaired) electrons. The van der Waals surface area contributed by atoms with Gasteiger partial charge in [-0.25, -0.2) is 12.7 Å². The van der Waals surface area contributed by atoms with E-state index in [1.54, 1.807) is 14.2 Å². The van der Waals surface area contributed by atoms with Crippen LogP contribution in [-0.2, 0) is 22.3 Å². The van der Waals surface area contributed by atoms with Gasteiger partial charge in [0.2, 0.25) is 10.0 Å². The fraction of sp³-hybridized carbons (Fsp3) is 0.294. The average Bonchev–Trinajstić information content (AvgIpc) is 2.50. The van der Waals surface area contributed by atoms with Crippen LogP contribution >= 0.6 is 0 Å². The number of ether oxygens (including phenoxy) is 1. The molecule has 2 aromatic rings. The highest BCUT2D eigenvalue weighted by atomic mass is 32.2. The molecule has 0 unspecified atom stereocenters. The summed E-state index contributed by atoms with van der Waals surface area (Å²) in [6.45, 7) is 2.27. The summed E-state index contributed by atoms with van der Waals surface area (Å²) in [6.07, 6.45) is 0. The molecular formula is C17H21NO3S. The predicted octanol–water partition coefficient (Wildman–Crippen LogP) is 2.97. The number of sulfonamides is 1. The number of methoxy groups -OCH3 is 1. The van der Waals surface area contributed by atoms with Crippen molar-refractivity contribution in [3.63, 3.8) is 0 Å². The van der Waals surface area contributed by atoms with Crippen molar-refractivity contribution in [1.29, 1.82) is 0 Å². The molecule has 0 spiro atoms. The first-order chi connectivity index (χ1) is 10.4. The first-order valence-electron chi connectivity index (χ1n) is 7.04. The molecule has 0 atom stereocenters. The fourth-order valence-electron chi connectivity index (χ4n) is 2.17. The SMILES string of the molecule is COc1ccc(CN(C)S(=O)(=O)Cc2ccccc2C)cc1. The molecule has 0 fully saturated rings. The Kier molecular flexibility index (Phi) is 5.21. The first kappa shape index (κ1) is 16.5. The van der Waals surface area contributed by atoms with E-state index in [0.29, 0.717) is 6.54 Å². The Labute approximate surface area is 132 Å². The molecule has 2 aromatic carbocycles. The highest BCUT2D eigenvalue weighted by molar-refractivity contribution is 7.88. The third-order valence-electron chi connectivity index (χ3n) is 3.64. The molecule has 0 heterocycles. The third kappa shape index (κ3) is 4.08. The Hall–Kier alpha value is -1.85. The van der Waals surface area contributed by atoms with Gasteiger partial charge in [0.1, 0.15) is 5.75 Å². The zero-order valence-electron chi connectivity index (χ0n) is 13.1. The van der Waals surface area contributed by atoms with Crippen LogP contribution in [0.4, 0.5) is 0 Å². The lowest BCUT2D eigenvalue weighted by atomic mass is 10.1. The predicted molar refractivity (Wildman–Crippen MR) is 88.3 cm³/mol. The summed E-state index contributed by atoms with van der Waals surface area (Å²) in [6, 6.07) is 15.0. The van der Waals surface area contributed by atoms with Crippen LogP contribution in [0.1, 0.15) is 16.7 Å². The quantitative estimate of drug-likeness (QED) is 0.822. The van der Waals surface area contributed by atoms with Crippen LogP contribution in [0.25, 0.3) is 0 Å². The van der Waals surface area contributed by atoms with Crippen LogP contribution in [0, 0.1) is 6.92 Å². The zero-order valence-corrected chi connectivity index (χ0v) is 13.9. The van der Waals surface area contributed by atoms with Gasteiger partial charge in [-0.3, -0.25) is 0 Å². The van der Waals surface area contributed by atoms with Crippen molar-refractivity contribution < 1.29 is 13.2 Å². The number of rotatable bonds is 6. The summed E-state index contributed by atoms with van der Waals surface area (Å²) < 4.78 is 31.5. The van der Waals surface area contributed by atoms with E-state index < -0.39 is 10.0 Å². The van der Waals surface area contributed by atoms with Crippen molar-refractivity contribution in [2.75, 3.05) is 14.2 Å². The van der Waals surface area contributed by atoms with Gasteiger partial charge in [-0.1, -0.05) is 36.4 Å². The van der Waals surface area contributed by atoms with Crippen molar-refractivity contribution in [3.05, 3.63) is 65.2 Å². The fourth-order valence-corrected chi connectivity index (χ4v) is 3.45. The van der Waals surface area contributed by atoms with Gasteiger partial charge in [0, 0.05) is 13.6 Å². The minimum atomic E-state index is -3.35. The number of hydrogen-bond donors (Lipinski definition) is 0. The molecular weight excluding hydrogens is 298 g/mol. The molecule has 0 bridgehead atoms. The Bertz CT molecular complexity index is 724. The normalized spacial score (nSPS) is 11.6. The molecule has 0 aliphatic heterocycles. The largest absolute Gasteiger partial charge is 0.497 e. The number of nitrogens with zero attached hydrogens (tertiary/aromatic N) is 1. The smallest absolute Gasteiger partial charge is 0.218 e. The maximum Gasteiger partial charge on any atom is 0.218 e. The second-order valence-electron chi connectivity index (χ2n) is 5.29. The number of aryl methyl sites for hydroxylation is 1. The van der Waals surface area contributed by atoms with E-state index in [1.807, 2.05) is 55.5 Å². The average molecular weight is 319 g/mol. The number of hydrogen-bond acceptors (Lipinski definition) is 3. The van der Waals surface area contributed by atoms with E-state index in [2.05, 4.69) is 0 Å².